The third-order valence-electron chi connectivity index (χ3n) is 4.01. The summed E-state index contributed by atoms with van der Waals surface area (Å²) in [5.74, 6) is 0.0562. The highest BCUT2D eigenvalue weighted by molar-refractivity contribution is 7.88. The molecule has 0 unspecified atom stereocenters. The molecule has 0 bridgehead atoms. The second-order valence-electron chi connectivity index (χ2n) is 6.09. The molecule has 1 aromatic carbocycles. The monoisotopic (exact) mass is 296 g/mol. The summed E-state index contributed by atoms with van der Waals surface area (Å²) in [6, 6.07) is 7.71. The molecule has 0 atom stereocenters. The summed E-state index contributed by atoms with van der Waals surface area (Å²) in [5, 5.41) is 3.07. The lowest BCUT2D eigenvalue weighted by atomic mass is 9.71. The fourth-order valence-corrected chi connectivity index (χ4v) is 3.83. The lowest BCUT2D eigenvalue weighted by molar-refractivity contribution is 0.166. The summed E-state index contributed by atoms with van der Waals surface area (Å²) >= 11 is 0. The van der Waals surface area contributed by atoms with Gasteiger partial charge in [-0.3, -0.25) is 0 Å². The molecule has 0 aromatic heterocycles. The maximum absolute atomic E-state index is 12.1. The van der Waals surface area contributed by atoms with Crippen LogP contribution in [-0.4, -0.2) is 22.0 Å². The van der Waals surface area contributed by atoms with Crippen LogP contribution in [0.1, 0.15) is 37.3 Å². The highest BCUT2D eigenvalue weighted by Gasteiger charge is 2.32. The number of hydrogen-bond acceptors (Lipinski definition) is 3. The second-order valence-corrected chi connectivity index (χ2v) is 7.90. The summed E-state index contributed by atoms with van der Waals surface area (Å²) < 4.78 is 27.0. The van der Waals surface area contributed by atoms with Crippen molar-refractivity contribution in [3.63, 3.8) is 0 Å². The molecule has 112 valence electrons. The minimum Gasteiger partial charge on any atom is -0.316 e. The Morgan fingerprint density at radius 3 is 2.55 bits per heavy atom. The summed E-state index contributed by atoms with van der Waals surface area (Å²) in [7, 11) is -1.37. The Morgan fingerprint density at radius 2 is 1.95 bits per heavy atom. The van der Waals surface area contributed by atoms with Crippen molar-refractivity contribution in [3.8, 4) is 0 Å². The molecule has 1 saturated carbocycles. The Hall–Kier alpha value is -0.910. The van der Waals surface area contributed by atoms with Crippen LogP contribution in [0.15, 0.2) is 24.3 Å². The Balaban J connectivity index is 1.95. The number of sulfonamides is 1. The Kier molecular flexibility index (Phi) is 4.83. The Labute approximate surface area is 122 Å². The normalized spacial score (nSPS) is 17.7. The van der Waals surface area contributed by atoms with Crippen LogP contribution in [0.2, 0.25) is 0 Å². The van der Waals surface area contributed by atoms with Crippen LogP contribution >= 0.6 is 0 Å². The molecular formula is C15H24N2O2S. The van der Waals surface area contributed by atoms with Crippen LogP contribution in [0.3, 0.4) is 0 Å². The topological polar surface area (TPSA) is 58.2 Å². The van der Waals surface area contributed by atoms with Gasteiger partial charge in [0.1, 0.15) is 0 Å². The third-order valence-corrected chi connectivity index (χ3v) is 5.31. The van der Waals surface area contributed by atoms with Crippen molar-refractivity contribution in [1.29, 1.82) is 0 Å². The van der Waals surface area contributed by atoms with Gasteiger partial charge in [0, 0.05) is 13.1 Å². The molecule has 1 aliphatic rings. The first-order chi connectivity index (χ1) is 9.42. The molecule has 1 aromatic rings. The predicted octanol–water partition coefficient (Wildman–Crippen LogP) is 2.02. The van der Waals surface area contributed by atoms with E-state index >= 15 is 0 Å². The minimum absolute atomic E-state index is 0.0562. The molecule has 0 amide bonds. The van der Waals surface area contributed by atoms with Gasteiger partial charge in [-0.1, -0.05) is 37.6 Å². The zero-order chi connectivity index (χ0) is 14.6. The highest BCUT2D eigenvalue weighted by atomic mass is 32.2. The van der Waals surface area contributed by atoms with Gasteiger partial charge in [-0.15, -0.1) is 0 Å². The van der Waals surface area contributed by atoms with Crippen LogP contribution in [0.5, 0.6) is 0 Å². The zero-order valence-electron chi connectivity index (χ0n) is 12.3. The molecule has 2 N–H and O–H groups in total. The number of rotatable bonds is 7. The van der Waals surface area contributed by atoms with Crippen LogP contribution in [0.25, 0.3) is 0 Å². The second kappa shape index (κ2) is 6.24. The van der Waals surface area contributed by atoms with Crippen LogP contribution in [0.4, 0.5) is 0 Å². The van der Waals surface area contributed by atoms with Gasteiger partial charge >= 0.3 is 0 Å². The Bertz CT molecular complexity index is 551. The van der Waals surface area contributed by atoms with Crippen molar-refractivity contribution >= 4 is 10.0 Å². The lowest BCUT2D eigenvalue weighted by Gasteiger charge is -2.38. The lowest BCUT2D eigenvalue weighted by Crippen LogP contribution is -2.40. The predicted molar refractivity (Wildman–Crippen MR) is 81.8 cm³/mol. The molecule has 1 aliphatic carbocycles. The zero-order valence-corrected chi connectivity index (χ0v) is 13.1. The average molecular weight is 296 g/mol. The average Bonchev–Trinajstić information content (AvgIpc) is 2.34. The number of benzene rings is 1. The quantitative estimate of drug-likeness (QED) is 0.809. The van der Waals surface area contributed by atoms with Gasteiger partial charge in [0.2, 0.25) is 10.0 Å². The summed E-state index contributed by atoms with van der Waals surface area (Å²) in [6.45, 7) is 3.46. The molecule has 1 fully saturated rings. The molecule has 0 spiro atoms. The molecule has 0 aliphatic heterocycles. The van der Waals surface area contributed by atoms with E-state index in [0.717, 1.165) is 30.5 Å². The van der Waals surface area contributed by atoms with Gasteiger partial charge in [-0.2, -0.15) is 0 Å². The van der Waals surface area contributed by atoms with Gasteiger partial charge in [-0.25, -0.2) is 13.1 Å². The summed E-state index contributed by atoms with van der Waals surface area (Å²) in [4.78, 5) is 0. The summed E-state index contributed by atoms with van der Waals surface area (Å²) in [5.41, 5.74) is 2.11. The highest BCUT2D eigenvalue weighted by Crippen LogP contribution is 2.39. The fourth-order valence-electron chi connectivity index (χ4n) is 2.55. The molecule has 0 saturated heterocycles. The van der Waals surface area contributed by atoms with Crippen molar-refractivity contribution in [2.45, 2.75) is 38.5 Å². The van der Waals surface area contributed by atoms with Gasteiger partial charge in [0.25, 0.3) is 0 Å². The van der Waals surface area contributed by atoms with E-state index in [-0.39, 0.29) is 11.2 Å². The van der Waals surface area contributed by atoms with Crippen molar-refractivity contribution in [1.82, 2.24) is 10.0 Å². The van der Waals surface area contributed by atoms with Gasteiger partial charge in [0.05, 0.1) is 5.75 Å². The van der Waals surface area contributed by atoms with E-state index in [1.165, 1.54) is 6.42 Å². The molecule has 0 radical (unpaired) electrons. The van der Waals surface area contributed by atoms with Crippen LogP contribution in [0, 0.1) is 5.41 Å². The number of hydrogen-bond donors (Lipinski definition) is 2. The fraction of sp³-hybridized carbons (Fsp3) is 0.600. The third kappa shape index (κ3) is 4.30. The minimum atomic E-state index is -3.25. The van der Waals surface area contributed by atoms with E-state index in [1.54, 1.807) is 0 Å². The molecule has 4 nitrogen and oxygen atoms in total. The molecular weight excluding hydrogens is 272 g/mol. The van der Waals surface area contributed by atoms with Gasteiger partial charge in [-0.05, 0) is 36.4 Å². The van der Waals surface area contributed by atoms with Crippen molar-refractivity contribution in [3.05, 3.63) is 35.4 Å². The first-order valence-corrected chi connectivity index (χ1v) is 8.77. The van der Waals surface area contributed by atoms with Crippen molar-refractivity contribution in [2.24, 2.45) is 5.41 Å². The standard InChI is InChI=1S/C15H24N2O2S/c1-15(7-4-8-15)12-17-20(18,19)11-14-6-3-5-13(9-14)10-16-2/h3,5-6,9,16-17H,4,7-8,10-12H2,1-2H3. The van der Waals surface area contributed by atoms with Crippen molar-refractivity contribution < 1.29 is 8.42 Å². The first kappa shape index (κ1) is 15.5. The Morgan fingerprint density at radius 1 is 1.25 bits per heavy atom. The van der Waals surface area contributed by atoms with E-state index in [4.69, 9.17) is 0 Å². The van der Waals surface area contributed by atoms with Crippen LogP contribution < -0.4 is 10.0 Å². The maximum Gasteiger partial charge on any atom is 0.215 e. The largest absolute Gasteiger partial charge is 0.316 e. The van der Waals surface area contributed by atoms with E-state index in [9.17, 15) is 8.42 Å². The SMILES string of the molecule is CNCc1cccc(CS(=O)(=O)NCC2(C)CCC2)c1. The van der Waals surface area contributed by atoms with E-state index in [1.807, 2.05) is 31.3 Å². The smallest absolute Gasteiger partial charge is 0.215 e. The van der Waals surface area contributed by atoms with Gasteiger partial charge < -0.3 is 5.32 Å². The van der Waals surface area contributed by atoms with Gasteiger partial charge in [0.15, 0.2) is 0 Å². The molecule has 2 rings (SSSR count). The van der Waals surface area contributed by atoms with Crippen molar-refractivity contribution in [2.75, 3.05) is 13.6 Å². The first-order valence-electron chi connectivity index (χ1n) is 7.12. The maximum atomic E-state index is 12.1. The van der Waals surface area contributed by atoms with E-state index in [2.05, 4.69) is 17.0 Å². The molecule has 20 heavy (non-hydrogen) atoms. The summed E-state index contributed by atoms with van der Waals surface area (Å²) in [6.07, 6.45) is 3.45. The van der Waals surface area contributed by atoms with E-state index in [0.29, 0.717) is 6.54 Å². The molecule has 0 heterocycles. The van der Waals surface area contributed by atoms with E-state index < -0.39 is 10.0 Å². The van der Waals surface area contributed by atoms with Crippen LogP contribution in [-0.2, 0) is 22.3 Å². The molecule has 5 heteroatoms. The number of nitrogens with one attached hydrogen (secondary N) is 2.